The van der Waals surface area contributed by atoms with Crippen LogP contribution in [0.1, 0.15) is 24.0 Å². The second-order valence-corrected chi connectivity index (χ2v) is 7.80. The van der Waals surface area contributed by atoms with Gasteiger partial charge in [0.2, 0.25) is 11.8 Å². The second kappa shape index (κ2) is 7.03. The van der Waals surface area contributed by atoms with Gasteiger partial charge in [-0.15, -0.1) is 0 Å². The zero-order valence-corrected chi connectivity index (χ0v) is 16.5. The molecule has 3 N–H and O–H groups in total. The molecule has 2 heterocycles. The van der Waals surface area contributed by atoms with Gasteiger partial charge in [-0.1, -0.05) is 41.4 Å². The topological polar surface area (TPSA) is 70.2 Å². The van der Waals surface area contributed by atoms with Gasteiger partial charge in [-0.05, 0) is 30.7 Å². The molecular weight excluding hydrogens is 404 g/mol. The molecule has 4 rings (SSSR count). The Balaban J connectivity index is 1.93. The van der Waals surface area contributed by atoms with Gasteiger partial charge in [0.05, 0.1) is 10.9 Å². The highest BCUT2D eigenvalue weighted by molar-refractivity contribution is 6.31. The molecule has 2 aliphatic rings. The lowest BCUT2D eigenvalue weighted by molar-refractivity contribution is -0.125. The van der Waals surface area contributed by atoms with Crippen molar-refractivity contribution in [2.24, 2.45) is 5.92 Å². The van der Waals surface area contributed by atoms with Crippen LogP contribution in [0.2, 0.25) is 10.0 Å². The number of amides is 2. The van der Waals surface area contributed by atoms with Gasteiger partial charge in [0.1, 0.15) is 11.4 Å². The first kappa shape index (κ1) is 19.2. The molecule has 2 aromatic carbocycles. The van der Waals surface area contributed by atoms with E-state index in [1.807, 2.05) is 6.92 Å². The van der Waals surface area contributed by atoms with Crippen LogP contribution >= 0.6 is 23.2 Å². The first-order valence-corrected chi connectivity index (χ1v) is 9.73. The van der Waals surface area contributed by atoms with Crippen molar-refractivity contribution in [3.8, 4) is 0 Å². The molecule has 146 valence electrons. The Hall–Kier alpha value is -2.15. The number of carbonyl (C=O) groups is 2. The van der Waals surface area contributed by atoms with E-state index in [4.69, 9.17) is 23.2 Å². The van der Waals surface area contributed by atoms with Gasteiger partial charge in [0.25, 0.3) is 0 Å². The van der Waals surface area contributed by atoms with Crippen LogP contribution in [-0.2, 0) is 15.1 Å². The van der Waals surface area contributed by atoms with Crippen LogP contribution in [0.15, 0.2) is 36.4 Å². The Morgan fingerprint density at radius 2 is 2.11 bits per heavy atom. The molecule has 0 bridgehead atoms. The molecule has 1 fully saturated rings. The smallest absolute Gasteiger partial charge is 0.250 e. The van der Waals surface area contributed by atoms with Gasteiger partial charge in [-0.2, -0.15) is 0 Å². The third kappa shape index (κ3) is 2.70. The average Bonchev–Trinajstić information content (AvgIpc) is 3.17. The van der Waals surface area contributed by atoms with Crippen LogP contribution in [0.4, 0.5) is 10.1 Å². The molecule has 2 amide bonds. The standard InChI is InChI=1S/C20H18Cl2FN3O2/c1-2-24-18(27)12-9-25-20(16(12)11-4-3-5-14(22)17(11)23)13-7-6-10(21)8-15(13)26-19(20)28/h3-8,12,16,25H,2,9H2,1H3,(H,24,27)(H,26,28)/t12-,16+,20-/m1/s1. The Bertz CT molecular complexity index is 984. The highest BCUT2D eigenvalue weighted by atomic mass is 35.5. The molecule has 0 radical (unpaired) electrons. The molecule has 28 heavy (non-hydrogen) atoms. The largest absolute Gasteiger partial charge is 0.356 e. The molecule has 1 saturated heterocycles. The number of fused-ring (bicyclic) bond motifs is 2. The van der Waals surface area contributed by atoms with Gasteiger partial charge in [0.15, 0.2) is 0 Å². The summed E-state index contributed by atoms with van der Waals surface area (Å²) in [7, 11) is 0. The van der Waals surface area contributed by atoms with Crippen LogP contribution in [-0.4, -0.2) is 24.9 Å². The van der Waals surface area contributed by atoms with Crippen molar-refractivity contribution in [2.45, 2.75) is 18.4 Å². The SMILES string of the molecule is CCNC(=O)[C@@H]1CN[C@@]2(C(=O)Nc3cc(Cl)ccc32)[C@H]1c1cccc(Cl)c1F. The molecule has 0 aromatic heterocycles. The summed E-state index contributed by atoms with van der Waals surface area (Å²) in [6.07, 6.45) is 0. The molecule has 3 atom stereocenters. The van der Waals surface area contributed by atoms with E-state index >= 15 is 4.39 Å². The van der Waals surface area contributed by atoms with Crippen molar-refractivity contribution in [3.63, 3.8) is 0 Å². The van der Waals surface area contributed by atoms with E-state index in [1.165, 1.54) is 6.07 Å². The summed E-state index contributed by atoms with van der Waals surface area (Å²) in [6.45, 7) is 2.47. The summed E-state index contributed by atoms with van der Waals surface area (Å²) in [5.74, 6) is -2.64. The molecule has 5 nitrogen and oxygen atoms in total. The van der Waals surface area contributed by atoms with Crippen molar-refractivity contribution >= 4 is 40.7 Å². The van der Waals surface area contributed by atoms with Gasteiger partial charge >= 0.3 is 0 Å². The highest BCUT2D eigenvalue weighted by Crippen LogP contribution is 2.53. The maximum Gasteiger partial charge on any atom is 0.250 e. The number of hydrogen-bond acceptors (Lipinski definition) is 3. The van der Waals surface area contributed by atoms with Crippen LogP contribution in [0.25, 0.3) is 0 Å². The van der Waals surface area contributed by atoms with Crippen LogP contribution in [0, 0.1) is 11.7 Å². The van der Waals surface area contributed by atoms with Crippen LogP contribution < -0.4 is 16.0 Å². The average molecular weight is 422 g/mol. The summed E-state index contributed by atoms with van der Waals surface area (Å²) in [4.78, 5) is 25.9. The second-order valence-electron chi connectivity index (χ2n) is 6.95. The lowest BCUT2D eigenvalue weighted by Crippen LogP contribution is -2.48. The summed E-state index contributed by atoms with van der Waals surface area (Å²) in [5, 5.41) is 9.25. The molecule has 2 aliphatic heterocycles. The summed E-state index contributed by atoms with van der Waals surface area (Å²) >= 11 is 12.1. The predicted molar refractivity (Wildman–Crippen MR) is 106 cm³/mol. The maximum atomic E-state index is 15.0. The molecular formula is C20H18Cl2FN3O2. The first-order valence-electron chi connectivity index (χ1n) is 8.98. The van der Waals surface area contributed by atoms with Crippen molar-refractivity contribution < 1.29 is 14.0 Å². The Kier molecular flexibility index (Phi) is 4.81. The number of hydrogen-bond donors (Lipinski definition) is 3. The normalized spacial score (nSPS) is 25.6. The minimum Gasteiger partial charge on any atom is -0.356 e. The van der Waals surface area contributed by atoms with Crippen molar-refractivity contribution in [1.29, 1.82) is 0 Å². The van der Waals surface area contributed by atoms with E-state index < -0.39 is 23.2 Å². The fraction of sp³-hybridized carbons (Fsp3) is 0.300. The van der Waals surface area contributed by atoms with E-state index in [9.17, 15) is 9.59 Å². The van der Waals surface area contributed by atoms with Crippen LogP contribution in [0.3, 0.4) is 0 Å². The zero-order valence-electron chi connectivity index (χ0n) is 15.0. The first-order chi connectivity index (χ1) is 13.4. The number of rotatable bonds is 3. The fourth-order valence-corrected chi connectivity index (χ4v) is 4.71. The third-order valence-electron chi connectivity index (χ3n) is 5.49. The predicted octanol–water partition coefficient (Wildman–Crippen LogP) is 3.42. The van der Waals surface area contributed by atoms with Gasteiger partial charge in [-0.3, -0.25) is 14.9 Å². The summed E-state index contributed by atoms with van der Waals surface area (Å²) < 4.78 is 15.0. The van der Waals surface area contributed by atoms with Crippen molar-refractivity contribution in [1.82, 2.24) is 10.6 Å². The van der Waals surface area contributed by atoms with E-state index in [-0.39, 0.29) is 28.9 Å². The highest BCUT2D eigenvalue weighted by Gasteiger charge is 2.61. The number of nitrogens with one attached hydrogen (secondary N) is 3. The monoisotopic (exact) mass is 421 g/mol. The van der Waals surface area contributed by atoms with Gasteiger partial charge in [0, 0.05) is 35.3 Å². The quantitative estimate of drug-likeness (QED) is 0.710. The zero-order chi connectivity index (χ0) is 20.1. The number of carbonyl (C=O) groups excluding carboxylic acids is 2. The summed E-state index contributed by atoms with van der Waals surface area (Å²) in [6, 6.07) is 9.70. The molecule has 0 aliphatic carbocycles. The van der Waals surface area contributed by atoms with E-state index in [1.54, 1.807) is 30.3 Å². The Labute approximate surface area is 171 Å². The van der Waals surface area contributed by atoms with Gasteiger partial charge < -0.3 is 10.6 Å². The Morgan fingerprint density at radius 3 is 2.86 bits per heavy atom. The minimum atomic E-state index is -1.29. The third-order valence-corrected chi connectivity index (χ3v) is 6.01. The number of benzene rings is 2. The number of anilines is 1. The summed E-state index contributed by atoms with van der Waals surface area (Å²) in [5.41, 5.74) is 0.125. The molecule has 8 heteroatoms. The minimum absolute atomic E-state index is 0.0519. The molecule has 1 spiro atoms. The van der Waals surface area contributed by atoms with E-state index in [2.05, 4.69) is 16.0 Å². The molecule has 0 saturated carbocycles. The van der Waals surface area contributed by atoms with Crippen molar-refractivity contribution in [2.75, 3.05) is 18.4 Å². The lowest BCUT2D eigenvalue weighted by Gasteiger charge is -2.32. The number of halogens is 3. The Morgan fingerprint density at radius 1 is 1.32 bits per heavy atom. The molecule has 0 unspecified atom stereocenters. The van der Waals surface area contributed by atoms with E-state index in [0.29, 0.717) is 22.8 Å². The molecule has 2 aromatic rings. The van der Waals surface area contributed by atoms with Crippen molar-refractivity contribution in [3.05, 3.63) is 63.4 Å². The van der Waals surface area contributed by atoms with Crippen LogP contribution in [0.5, 0.6) is 0 Å². The fourth-order valence-electron chi connectivity index (χ4n) is 4.35. The lowest BCUT2D eigenvalue weighted by atomic mass is 9.72. The van der Waals surface area contributed by atoms with E-state index in [0.717, 1.165) is 0 Å². The van der Waals surface area contributed by atoms with Gasteiger partial charge in [-0.25, -0.2) is 4.39 Å². The maximum absolute atomic E-state index is 15.0.